The molecule has 384 valence electrons. The largest absolute Gasteiger partial charge is 0.396 e. The molecule has 4 aliphatic rings. The Hall–Kier alpha value is -5.73. The number of nitrogens with one attached hydrogen (secondary N) is 3. The van der Waals surface area contributed by atoms with Crippen LogP contribution >= 0.6 is 10.7 Å². The molecular weight excluding hydrogens is 988 g/mol. The smallest absolute Gasteiger partial charge is 0.317 e. The molecule has 8 rings (SSSR count). The van der Waals surface area contributed by atoms with Gasteiger partial charge in [0.15, 0.2) is 11.6 Å². The SMILES string of the molecule is CC(C)S(=O)(=O)Cl.CC(C)S(=O)(=O)Nc1cc(CNC(=O)N2CCC3(CC2)CC(=O)c2cc(F)ccc2C3)ccc1F.Nc1cc(CNC(=O)N2CCC3(CC2)CC(=O)c2cc(F)ccc2C3)ccc1F. The number of ketones is 2. The van der Waals surface area contributed by atoms with Crippen molar-refractivity contribution >= 4 is 64.8 Å². The third-order valence-electron chi connectivity index (χ3n) is 13.6. The highest BCUT2D eigenvalue weighted by atomic mass is 35.7. The molecule has 2 fully saturated rings. The van der Waals surface area contributed by atoms with Crippen LogP contribution in [0.15, 0.2) is 72.8 Å². The van der Waals surface area contributed by atoms with Gasteiger partial charge in [-0.05, 0) is 148 Å². The van der Waals surface area contributed by atoms with E-state index in [2.05, 4.69) is 15.4 Å². The zero-order valence-electron chi connectivity index (χ0n) is 39.9. The number of halogens is 5. The minimum absolute atomic E-state index is 0.0162. The first kappa shape index (κ1) is 54.6. The summed E-state index contributed by atoms with van der Waals surface area (Å²) < 4.78 is 101. The Balaban J connectivity index is 0.000000208. The normalized spacial score (nSPS) is 17.1. The molecule has 71 heavy (non-hydrogen) atoms. The van der Waals surface area contributed by atoms with Gasteiger partial charge in [0, 0.05) is 73.9 Å². The number of fused-ring (bicyclic) bond motifs is 2. The summed E-state index contributed by atoms with van der Waals surface area (Å²) in [6, 6.07) is 16.7. The number of carbonyl (C=O) groups is 4. The van der Waals surface area contributed by atoms with Gasteiger partial charge in [0.2, 0.25) is 19.1 Å². The van der Waals surface area contributed by atoms with Crippen LogP contribution in [0.1, 0.15) is 109 Å². The van der Waals surface area contributed by atoms with E-state index in [1.807, 2.05) is 0 Å². The number of carbonyl (C=O) groups excluding carboxylic acids is 4. The van der Waals surface area contributed by atoms with E-state index in [0.29, 0.717) is 75.0 Å². The zero-order valence-corrected chi connectivity index (χ0v) is 42.3. The summed E-state index contributed by atoms with van der Waals surface area (Å²) in [5.74, 6) is -2.04. The van der Waals surface area contributed by atoms with Gasteiger partial charge in [0.05, 0.1) is 21.9 Å². The van der Waals surface area contributed by atoms with Crippen LogP contribution in [-0.4, -0.2) is 86.9 Å². The van der Waals surface area contributed by atoms with Crippen LogP contribution in [0.4, 0.5) is 38.5 Å². The van der Waals surface area contributed by atoms with Gasteiger partial charge in [-0.3, -0.25) is 14.3 Å². The predicted octanol–water partition coefficient (Wildman–Crippen LogP) is 8.87. The Morgan fingerprint density at radius 3 is 1.42 bits per heavy atom. The maximum absolute atomic E-state index is 14.1. The Morgan fingerprint density at radius 1 is 0.620 bits per heavy atom. The minimum atomic E-state index is -3.71. The van der Waals surface area contributed by atoms with Crippen molar-refractivity contribution in [2.24, 2.45) is 10.8 Å². The summed E-state index contributed by atoms with van der Waals surface area (Å²) in [5, 5.41) is 4.46. The van der Waals surface area contributed by atoms with Crippen molar-refractivity contribution in [1.29, 1.82) is 0 Å². The number of likely N-dealkylation sites (tertiary alicyclic amines) is 2. The quantitative estimate of drug-likeness (QED) is 0.0755. The van der Waals surface area contributed by atoms with Crippen LogP contribution in [-0.2, 0) is 45.0 Å². The molecule has 0 bridgehead atoms. The fourth-order valence-electron chi connectivity index (χ4n) is 9.12. The van der Waals surface area contributed by atoms with Crippen molar-refractivity contribution in [3.63, 3.8) is 0 Å². The maximum Gasteiger partial charge on any atom is 0.317 e. The van der Waals surface area contributed by atoms with Gasteiger partial charge in [0.1, 0.15) is 23.3 Å². The van der Waals surface area contributed by atoms with Crippen LogP contribution in [0.25, 0.3) is 0 Å². The lowest BCUT2D eigenvalue weighted by molar-refractivity contribution is 0.0724. The van der Waals surface area contributed by atoms with E-state index >= 15 is 0 Å². The second-order valence-electron chi connectivity index (χ2n) is 19.3. The van der Waals surface area contributed by atoms with Crippen molar-refractivity contribution in [1.82, 2.24) is 20.4 Å². The summed E-state index contributed by atoms with van der Waals surface area (Å²) in [6.07, 6.45) is 4.96. The predicted molar refractivity (Wildman–Crippen MR) is 264 cm³/mol. The molecule has 4 aromatic carbocycles. The van der Waals surface area contributed by atoms with E-state index < -0.39 is 47.0 Å². The molecule has 0 saturated carbocycles. The van der Waals surface area contributed by atoms with E-state index in [4.69, 9.17) is 16.4 Å². The van der Waals surface area contributed by atoms with E-state index in [1.165, 1.54) is 76.2 Å². The Labute approximate surface area is 416 Å². The molecule has 2 aliphatic heterocycles. The van der Waals surface area contributed by atoms with Crippen molar-refractivity contribution in [2.45, 2.75) is 103 Å². The molecule has 0 radical (unpaired) electrons. The fourth-order valence-corrected chi connectivity index (χ4v) is 9.82. The summed E-state index contributed by atoms with van der Waals surface area (Å²) in [4.78, 5) is 53.8. The van der Waals surface area contributed by atoms with Gasteiger partial charge >= 0.3 is 12.1 Å². The van der Waals surface area contributed by atoms with Gasteiger partial charge in [-0.15, -0.1) is 0 Å². The molecule has 4 amide bonds. The molecule has 0 unspecified atom stereocenters. The van der Waals surface area contributed by atoms with Crippen LogP contribution in [0.2, 0.25) is 0 Å². The van der Waals surface area contributed by atoms with E-state index in [1.54, 1.807) is 28.0 Å². The molecule has 2 spiro atoms. The van der Waals surface area contributed by atoms with E-state index in [-0.39, 0.29) is 64.7 Å². The number of nitrogen functional groups attached to an aromatic ring is 1. The molecular formula is C50H59ClF4N6O8S2. The van der Waals surface area contributed by atoms with E-state index in [0.717, 1.165) is 42.0 Å². The summed E-state index contributed by atoms with van der Waals surface area (Å²) in [6.45, 7) is 8.50. The molecule has 14 nitrogen and oxygen atoms in total. The number of nitrogens with two attached hydrogens (primary N) is 1. The number of hydrogen-bond donors (Lipinski definition) is 4. The summed E-state index contributed by atoms with van der Waals surface area (Å²) in [7, 11) is -2.13. The fraction of sp³-hybridized carbons (Fsp3) is 0.440. The number of nitrogens with zero attached hydrogens (tertiary/aromatic N) is 2. The average Bonchev–Trinajstić information content (AvgIpc) is 3.30. The van der Waals surface area contributed by atoms with Gasteiger partial charge in [-0.2, -0.15) is 0 Å². The zero-order chi connectivity index (χ0) is 52.1. The standard InChI is InChI=1S/C25H29F2N3O4S.C22H23F2N3O2.C3H7ClO2S/c1-16(2)35(33,34)29-22-11-17(3-6-21(22)27)15-28-24(32)30-9-7-25(8-10-30)13-18-4-5-19(26)12-20(18)23(31)14-25;23-16-3-2-15-11-22(12-20(28)17(15)10-16)5-7-27(8-6-22)21(29)26-13-14-1-4-18(24)19(25)9-14;1-3(2)7(4,5)6/h3-6,11-12,16,29H,7-10,13-15H2,1-2H3,(H,28,32);1-4,9-10H,5-8,11-13,25H2,(H,26,29);3H,1-2H3. The van der Waals surface area contributed by atoms with Crippen molar-refractivity contribution in [3.8, 4) is 0 Å². The summed E-state index contributed by atoms with van der Waals surface area (Å²) >= 11 is 0. The number of amides is 4. The van der Waals surface area contributed by atoms with Gasteiger partial charge in [0.25, 0.3) is 0 Å². The average molecular weight is 1050 g/mol. The lowest BCUT2D eigenvalue weighted by atomic mass is 9.66. The second-order valence-corrected chi connectivity index (χ2v) is 24.8. The van der Waals surface area contributed by atoms with Crippen molar-refractivity contribution < 1.29 is 53.6 Å². The highest BCUT2D eigenvalue weighted by molar-refractivity contribution is 8.14. The number of rotatable bonds is 8. The first-order valence-electron chi connectivity index (χ1n) is 23.2. The van der Waals surface area contributed by atoms with Crippen molar-refractivity contribution in [2.75, 3.05) is 36.6 Å². The summed E-state index contributed by atoms with van der Waals surface area (Å²) in [5.41, 5.74) is 9.06. The number of piperidine rings is 2. The second kappa shape index (κ2) is 22.4. The van der Waals surface area contributed by atoms with Crippen molar-refractivity contribution in [3.05, 3.63) is 129 Å². The Kier molecular flexibility index (Phi) is 17.2. The molecule has 0 atom stereocenters. The lowest BCUT2D eigenvalue weighted by Crippen LogP contribution is -2.49. The number of anilines is 2. The molecule has 5 N–H and O–H groups in total. The maximum atomic E-state index is 14.1. The topological polar surface area (TPSA) is 205 Å². The molecule has 2 heterocycles. The van der Waals surface area contributed by atoms with Gasteiger partial charge < -0.3 is 26.2 Å². The van der Waals surface area contributed by atoms with Gasteiger partial charge in [-0.1, -0.05) is 24.3 Å². The first-order chi connectivity index (χ1) is 33.3. The molecule has 4 aromatic rings. The monoisotopic (exact) mass is 1050 g/mol. The van der Waals surface area contributed by atoms with Crippen LogP contribution in [0.5, 0.6) is 0 Å². The third-order valence-corrected chi connectivity index (χ3v) is 17.5. The lowest BCUT2D eigenvalue weighted by Gasteiger charge is -2.44. The van der Waals surface area contributed by atoms with Crippen LogP contribution in [0, 0.1) is 34.1 Å². The molecule has 21 heteroatoms. The van der Waals surface area contributed by atoms with Crippen LogP contribution < -0.4 is 21.1 Å². The van der Waals surface area contributed by atoms with E-state index in [9.17, 15) is 53.6 Å². The number of hydrogen-bond acceptors (Lipinski definition) is 9. The highest BCUT2D eigenvalue weighted by Gasteiger charge is 2.43. The molecule has 2 saturated heterocycles. The highest BCUT2D eigenvalue weighted by Crippen LogP contribution is 2.45. The first-order valence-corrected chi connectivity index (χ1v) is 27.2. The Bertz CT molecular complexity index is 2890. The number of sulfonamides is 1. The number of urea groups is 2. The minimum Gasteiger partial charge on any atom is -0.396 e. The Morgan fingerprint density at radius 2 is 1.03 bits per heavy atom. The van der Waals surface area contributed by atoms with Crippen LogP contribution in [0.3, 0.4) is 0 Å². The molecule has 0 aromatic heterocycles. The number of Topliss-reactive ketones (excluding diaryl/α,β-unsaturated/α-hetero) is 2. The number of benzene rings is 4. The molecule has 2 aliphatic carbocycles. The van der Waals surface area contributed by atoms with Gasteiger partial charge in [-0.25, -0.2) is 44.0 Å². The third kappa shape index (κ3) is 14.0.